The van der Waals surface area contributed by atoms with Gasteiger partial charge in [-0.25, -0.2) is 0 Å². The van der Waals surface area contributed by atoms with Crippen molar-refractivity contribution in [2.24, 2.45) is 0 Å². The number of carbonyl (C=O) groups excluding carboxylic acids is 1. The monoisotopic (exact) mass is 298 g/mol. The van der Waals surface area contributed by atoms with Crippen LogP contribution < -0.4 is 10.1 Å². The zero-order valence-corrected chi connectivity index (χ0v) is 12.6. The maximum Gasteiger partial charge on any atom is 0.255 e. The van der Waals surface area contributed by atoms with Crippen LogP contribution in [0, 0.1) is 6.42 Å². The van der Waals surface area contributed by atoms with Crippen LogP contribution in [0.25, 0.3) is 0 Å². The molecule has 0 bridgehead atoms. The Morgan fingerprint density at radius 3 is 2.68 bits per heavy atom. The number of nitrogens with one attached hydrogen (secondary N) is 1. The first kappa shape index (κ1) is 16.0. The molecule has 0 saturated carbocycles. The van der Waals surface area contributed by atoms with Gasteiger partial charge in [0, 0.05) is 17.9 Å². The van der Waals surface area contributed by atoms with Gasteiger partial charge in [0.15, 0.2) is 0 Å². The highest BCUT2D eigenvalue weighted by Crippen LogP contribution is 2.16. The number of hydrogen-bond acceptors (Lipinski definition) is 3. The molecule has 0 aromatic heterocycles. The van der Waals surface area contributed by atoms with Crippen molar-refractivity contribution in [1.29, 1.82) is 0 Å². The van der Waals surface area contributed by atoms with Crippen molar-refractivity contribution in [3.05, 3.63) is 66.1 Å². The maximum atomic E-state index is 12.2. The van der Waals surface area contributed by atoms with E-state index in [0.29, 0.717) is 5.56 Å². The Morgan fingerprint density at radius 1 is 1.23 bits per heavy atom. The molecule has 1 radical (unpaired) electrons. The van der Waals surface area contributed by atoms with E-state index in [1.165, 1.54) is 0 Å². The minimum absolute atomic E-state index is 0.157. The van der Waals surface area contributed by atoms with Crippen molar-refractivity contribution >= 4 is 11.6 Å². The lowest BCUT2D eigenvalue weighted by atomic mass is 10.1. The molecule has 0 aliphatic rings. The Morgan fingerprint density at radius 2 is 2.00 bits per heavy atom. The van der Waals surface area contributed by atoms with Gasteiger partial charge in [-0.15, -0.1) is 0 Å². The number of aliphatic hydroxyl groups excluding tert-OH is 1. The van der Waals surface area contributed by atoms with Crippen LogP contribution in [0.4, 0.5) is 5.69 Å². The molecule has 0 aliphatic carbocycles. The standard InChI is InChI=1S/C18H20NO3/c1-22-17-10-8-15(9-11-17)18(21)19-16-7-4-6-14(13-16)5-2-3-12-20/h4-11,13,20H,2-3,12H2,1H3,(H,19,21). The molecule has 1 amide bonds. The fourth-order valence-corrected chi connectivity index (χ4v) is 2.05. The average molecular weight is 298 g/mol. The van der Waals surface area contributed by atoms with Crippen molar-refractivity contribution in [3.8, 4) is 5.75 Å². The first-order valence-corrected chi connectivity index (χ1v) is 7.22. The van der Waals surface area contributed by atoms with Gasteiger partial charge in [0.1, 0.15) is 5.75 Å². The molecule has 2 rings (SSSR count). The lowest BCUT2D eigenvalue weighted by Gasteiger charge is -2.08. The minimum atomic E-state index is -0.157. The molecule has 0 heterocycles. The van der Waals surface area contributed by atoms with E-state index in [0.717, 1.165) is 29.8 Å². The molecular weight excluding hydrogens is 278 g/mol. The predicted octanol–water partition coefficient (Wildman–Crippen LogP) is 3.27. The van der Waals surface area contributed by atoms with Gasteiger partial charge in [-0.05, 0) is 61.2 Å². The molecule has 0 spiro atoms. The van der Waals surface area contributed by atoms with Crippen molar-refractivity contribution in [2.75, 3.05) is 19.0 Å². The number of aliphatic hydroxyl groups is 1. The van der Waals surface area contributed by atoms with Crippen LogP contribution in [0.2, 0.25) is 0 Å². The number of carbonyl (C=O) groups is 1. The number of unbranched alkanes of at least 4 members (excludes halogenated alkanes) is 1. The SMILES string of the molecule is COc1ccc(C(=O)Nc2cccc([CH]CCCO)c2)cc1. The molecular formula is C18H20NO3. The van der Waals surface area contributed by atoms with Crippen molar-refractivity contribution < 1.29 is 14.6 Å². The second kappa shape index (κ2) is 8.20. The van der Waals surface area contributed by atoms with Crippen molar-refractivity contribution in [1.82, 2.24) is 0 Å². The summed E-state index contributed by atoms with van der Waals surface area (Å²) in [6, 6.07) is 14.6. The average Bonchev–Trinajstić information content (AvgIpc) is 2.55. The number of amides is 1. The Labute approximate surface area is 130 Å². The fourth-order valence-electron chi connectivity index (χ4n) is 2.05. The molecule has 4 nitrogen and oxygen atoms in total. The first-order chi connectivity index (χ1) is 10.7. The van der Waals surface area contributed by atoms with E-state index in [4.69, 9.17) is 9.84 Å². The quantitative estimate of drug-likeness (QED) is 0.771. The molecule has 22 heavy (non-hydrogen) atoms. The lowest BCUT2D eigenvalue weighted by molar-refractivity contribution is 0.102. The van der Waals surface area contributed by atoms with Crippen LogP contribution in [-0.4, -0.2) is 24.7 Å². The van der Waals surface area contributed by atoms with Crippen molar-refractivity contribution in [2.45, 2.75) is 12.8 Å². The van der Waals surface area contributed by atoms with Gasteiger partial charge < -0.3 is 15.2 Å². The molecule has 2 aromatic carbocycles. The smallest absolute Gasteiger partial charge is 0.255 e. The normalized spacial score (nSPS) is 10.3. The summed E-state index contributed by atoms with van der Waals surface area (Å²) in [4.78, 5) is 12.2. The number of ether oxygens (including phenoxy) is 1. The van der Waals surface area contributed by atoms with E-state index < -0.39 is 0 Å². The summed E-state index contributed by atoms with van der Waals surface area (Å²) in [5.74, 6) is 0.562. The third-order valence-corrected chi connectivity index (χ3v) is 3.24. The molecule has 0 saturated heterocycles. The zero-order valence-electron chi connectivity index (χ0n) is 12.6. The van der Waals surface area contributed by atoms with Gasteiger partial charge in [-0.1, -0.05) is 12.1 Å². The van der Waals surface area contributed by atoms with E-state index in [2.05, 4.69) is 5.32 Å². The largest absolute Gasteiger partial charge is 0.497 e. The highest BCUT2D eigenvalue weighted by molar-refractivity contribution is 6.04. The summed E-state index contributed by atoms with van der Waals surface area (Å²) < 4.78 is 5.08. The van der Waals surface area contributed by atoms with Crippen LogP contribution in [0.5, 0.6) is 5.75 Å². The number of methoxy groups -OCH3 is 1. The molecule has 2 aromatic rings. The number of rotatable bonds is 7. The van der Waals surface area contributed by atoms with Gasteiger partial charge >= 0.3 is 0 Å². The Hall–Kier alpha value is -2.33. The Balaban J connectivity index is 1.99. The minimum Gasteiger partial charge on any atom is -0.497 e. The molecule has 0 atom stereocenters. The summed E-state index contributed by atoms with van der Waals surface area (Å²) in [7, 11) is 1.59. The molecule has 2 N–H and O–H groups in total. The molecule has 115 valence electrons. The number of benzene rings is 2. The maximum absolute atomic E-state index is 12.2. The lowest BCUT2D eigenvalue weighted by Crippen LogP contribution is -2.11. The second-order valence-corrected chi connectivity index (χ2v) is 4.88. The van der Waals surface area contributed by atoms with Gasteiger partial charge in [0.25, 0.3) is 5.91 Å². The summed E-state index contributed by atoms with van der Waals surface area (Å²) in [6.45, 7) is 0.185. The zero-order chi connectivity index (χ0) is 15.8. The van der Waals surface area contributed by atoms with Crippen LogP contribution in [-0.2, 0) is 0 Å². The molecule has 0 aliphatic heterocycles. The molecule has 0 fully saturated rings. The van der Waals surface area contributed by atoms with E-state index in [1.807, 2.05) is 30.7 Å². The van der Waals surface area contributed by atoms with Crippen molar-refractivity contribution in [3.63, 3.8) is 0 Å². The number of hydrogen-bond donors (Lipinski definition) is 2. The second-order valence-electron chi connectivity index (χ2n) is 4.88. The van der Waals surface area contributed by atoms with Gasteiger partial charge in [-0.3, -0.25) is 4.79 Å². The number of anilines is 1. The third-order valence-electron chi connectivity index (χ3n) is 3.24. The third kappa shape index (κ3) is 4.60. The van der Waals surface area contributed by atoms with Crippen LogP contribution in [0.1, 0.15) is 28.8 Å². The molecule has 4 heteroatoms. The Kier molecular flexibility index (Phi) is 5.98. The summed E-state index contributed by atoms with van der Waals surface area (Å²) in [6.07, 6.45) is 3.59. The summed E-state index contributed by atoms with van der Waals surface area (Å²) >= 11 is 0. The van der Waals surface area contributed by atoms with E-state index in [1.54, 1.807) is 31.4 Å². The topological polar surface area (TPSA) is 58.6 Å². The first-order valence-electron chi connectivity index (χ1n) is 7.22. The van der Waals surface area contributed by atoms with E-state index >= 15 is 0 Å². The summed E-state index contributed by atoms with van der Waals surface area (Å²) in [5, 5.41) is 11.7. The van der Waals surface area contributed by atoms with Gasteiger partial charge in [-0.2, -0.15) is 0 Å². The fraction of sp³-hybridized carbons (Fsp3) is 0.222. The van der Waals surface area contributed by atoms with Gasteiger partial charge in [0.2, 0.25) is 0 Å². The van der Waals surface area contributed by atoms with Crippen LogP contribution >= 0.6 is 0 Å². The Bertz CT molecular complexity index is 608. The predicted molar refractivity (Wildman–Crippen MR) is 87.1 cm³/mol. The van der Waals surface area contributed by atoms with E-state index in [9.17, 15) is 4.79 Å². The van der Waals surface area contributed by atoms with Crippen LogP contribution in [0.15, 0.2) is 48.5 Å². The van der Waals surface area contributed by atoms with E-state index in [-0.39, 0.29) is 12.5 Å². The highest BCUT2D eigenvalue weighted by atomic mass is 16.5. The van der Waals surface area contributed by atoms with Gasteiger partial charge in [0.05, 0.1) is 7.11 Å². The highest BCUT2D eigenvalue weighted by Gasteiger charge is 2.06. The summed E-state index contributed by atoms with van der Waals surface area (Å²) in [5.41, 5.74) is 2.36. The van der Waals surface area contributed by atoms with Crippen LogP contribution in [0.3, 0.4) is 0 Å². The molecule has 0 unspecified atom stereocenters.